The first-order valence-corrected chi connectivity index (χ1v) is 9.36. The molecule has 1 N–H and O–H groups in total. The number of cyclic esters (lactones) is 1. The Morgan fingerprint density at radius 1 is 1.32 bits per heavy atom. The zero-order valence-electron chi connectivity index (χ0n) is 13.2. The van der Waals surface area contributed by atoms with Crippen LogP contribution in [0, 0.1) is 0 Å². The third-order valence-electron chi connectivity index (χ3n) is 3.69. The van der Waals surface area contributed by atoms with Gasteiger partial charge >= 0.3 is 11.9 Å². The summed E-state index contributed by atoms with van der Waals surface area (Å²) in [4.78, 5) is 29.5. The van der Waals surface area contributed by atoms with Crippen LogP contribution in [0.4, 0.5) is 10.8 Å². The molecule has 0 amide bonds. The van der Waals surface area contributed by atoms with Gasteiger partial charge in [-0.05, 0) is 25.1 Å². The molecule has 2 atom stereocenters. The van der Waals surface area contributed by atoms with Crippen molar-refractivity contribution >= 4 is 55.0 Å². The van der Waals surface area contributed by atoms with Crippen LogP contribution in [-0.4, -0.2) is 29.1 Å². The number of hydrogen-bond acceptors (Lipinski definition) is 8. The molecule has 0 aliphatic carbocycles. The summed E-state index contributed by atoms with van der Waals surface area (Å²) in [6.45, 7) is 1.78. The molecule has 25 heavy (non-hydrogen) atoms. The maximum Gasteiger partial charge on any atom is 0.349 e. The molecule has 1 aliphatic rings. The zero-order chi connectivity index (χ0) is 17.4. The Kier molecular flexibility index (Phi) is 4.14. The van der Waals surface area contributed by atoms with Crippen LogP contribution in [0.2, 0.25) is 0 Å². The lowest BCUT2D eigenvalue weighted by molar-refractivity contribution is -0.147. The molecule has 0 bridgehead atoms. The normalized spacial score (nSPS) is 19.8. The topological polar surface area (TPSA) is 77.5 Å². The van der Waals surface area contributed by atoms with E-state index in [2.05, 4.69) is 10.3 Å². The highest BCUT2D eigenvalue weighted by Gasteiger charge is 2.35. The Hall–Kier alpha value is -2.45. The molecule has 3 heterocycles. The molecule has 8 heteroatoms. The van der Waals surface area contributed by atoms with Crippen LogP contribution in [0.5, 0.6) is 0 Å². The summed E-state index contributed by atoms with van der Waals surface area (Å²) in [6, 6.07) is 11.5. The minimum atomic E-state index is -0.814. The summed E-state index contributed by atoms with van der Waals surface area (Å²) in [5, 5.41) is 4.00. The lowest BCUT2D eigenvalue weighted by atomic mass is 10.2. The fraction of sp³-hybridized carbons (Fsp3) is 0.235. The molecule has 1 saturated heterocycles. The lowest BCUT2D eigenvalue weighted by Crippen LogP contribution is -2.22. The Morgan fingerprint density at radius 2 is 2.12 bits per heavy atom. The number of carbonyl (C=O) groups excluding carboxylic acids is 2. The maximum absolute atomic E-state index is 12.2. The molecule has 0 saturated carbocycles. The number of anilines is 2. The number of para-hydroxylation sites is 1. The number of hydrogen-bond donors (Lipinski definition) is 1. The molecule has 2 aromatic heterocycles. The monoisotopic (exact) mass is 374 g/mol. The van der Waals surface area contributed by atoms with Gasteiger partial charge in [-0.25, -0.2) is 14.6 Å². The van der Waals surface area contributed by atoms with Crippen molar-refractivity contribution in [2.75, 3.05) is 5.32 Å². The van der Waals surface area contributed by atoms with E-state index in [0.29, 0.717) is 11.3 Å². The average Bonchev–Trinajstić information content (AvgIpc) is 3.22. The second-order valence-corrected chi connectivity index (χ2v) is 7.73. The van der Waals surface area contributed by atoms with Crippen LogP contribution in [0.25, 0.3) is 9.53 Å². The van der Waals surface area contributed by atoms with Gasteiger partial charge in [0.05, 0.1) is 4.70 Å². The molecule has 0 spiro atoms. The number of rotatable bonds is 4. The van der Waals surface area contributed by atoms with Gasteiger partial charge in [0.1, 0.15) is 15.8 Å². The van der Waals surface area contributed by atoms with Crippen molar-refractivity contribution in [3.05, 3.63) is 41.3 Å². The first-order chi connectivity index (χ1) is 12.1. The summed E-state index contributed by atoms with van der Waals surface area (Å²) >= 11 is 2.72. The second-order valence-electron chi connectivity index (χ2n) is 5.67. The smallest absolute Gasteiger partial charge is 0.349 e. The van der Waals surface area contributed by atoms with E-state index in [0.717, 1.165) is 20.3 Å². The van der Waals surface area contributed by atoms with Gasteiger partial charge in [0.15, 0.2) is 5.13 Å². The number of thiazole rings is 1. The first kappa shape index (κ1) is 16.0. The summed E-state index contributed by atoms with van der Waals surface area (Å²) < 4.78 is 11.2. The van der Waals surface area contributed by atoms with Crippen molar-refractivity contribution in [3.63, 3.8) is 0 Å². The van der Waals surface area contributed by atoms with Crippen molar-refractivity contribution in [1.82, 2.24) is 4.98 Å². The van der Waals surface area contributed by atoms with Gasteiger partial charge in [-0.1, -0.05) is 29.5 Å². The fourth-order valence-corrected chi connectivity index (χ4v) is 4.56. The van der Waals surface area contributed by atoms with Crippen LogP contribution in [0.15, 0.2) is 36.4 Å². The summed E-state index contributed by atoms with van der Waals surface area (Å²) in [5.41, 5.74) is 0.956. The van der Waals surface area contributed by atoms with Gasteiger partial charge in [0.25, 0.3) is 0 Å². The first-order valence-electron chi connectivity index (χ1n) is 7.72. The predicted molar refractivity (Wildman–Crippen MR) is 96.6 cm³/mol. The molecule has 3 aromatic rings. The van der Waals surface area contributed by atoms with E-state index in [9.17, 15) is 9.59 Å². The van der Waals surface area contributed by atoms with Gasteiger partial charge in [-0.2, -0.15) is 0 Å². The number of esters is 2. The zero-order valence-corrected chi connectivity index (χ0v) is 14.9. The van der Waals surface area contributed by atoms with Crippen LogP contribution in [0.1, 0.15) is 23.0 Å². The Morgan fingerprint density at radius 3 is 2.80 bits per heavy atom. The van der Waals surface area contributed by atoms with Crippen LogP contribution in [0.3, 0.4) is 0 Å². The van der Waals surface area contributed by atoms with Crippen LogP contribution >= 0.6 is 22.7 Å². The van der Waals surface area contributed by atoms with E-state index in [4.69, 9.17) is 9.47 Å². The Balaban J connectivity index is 1.47. The Bertz CT molecular complexity index is 903. The van der Waals surface area contributed by atoms with Gasteiger partial charge in [-0.15, -0.1) is 11.3 Å². The number of carbonyl (C=O) groups is 2. The summed E-state index contributed by atoms with van der Waals surface area (Å²) in [5.74, 6) is -0.990. The van der Waals surface area contributed by atoms with Crippen molar-refractivity contribution in [1.29, 1.82) is 0 Å². The van der Waals surface area contributed by atoms with Crippen molar-refractivity contribution in [2.24, 2.45) is 0 Å². The quantitative estimate of drug-likeness (QED) is 0.697. The number of thiophene rings is 1. The molecule has 2 unspecified atom stereocenters. The highest BCUT2D eigenvalue weighted by Crippen LogP contribution is 2.34. The van der Waals surface area contributed by atoms with E-state index in [1.54, 1.807) is 13.0 Å². The third kappa shape index (κ3) is 3.35. The highest BCUT2D eigenvalue weighted by atomic mass is 32.1. The largest absolute Gasteiger partial charge is 0.460 e. The summed E-state index contributed by atoms with van der Waals surface area (Å²) in [6.07, 6.45) is -0.635. The molecular formula is C17H14N2O4S2. The molecule has 6 nitrogen and oxygen atoms in total. The minimum Gasteiger partial charge on any atom is -0.460 e. The lowest BCUT2D eigenvalue weighted by Gasteiger charge is -2.06. The van der Waals surface area contributed by atoms with E-state index in [1.807, 2.05) is 30.3 Å². The molecule has 1 aromatic carbocycles. The SMILES string of the molecule is CC1CC(OC(=O)c2cc3sc(Nc4ccccc4)nc3s2)C(=O)O1. The highest BCUT2D eigenvalue weighted by molar-refractivity contribution is 7.29. The maximum atomic E-state index is 12.2. The number of aromatic nitrogens is 1. The second kappa shape index (κ2) is 6.45. The number of benzene rings is 1. The van der Waals surface area contributed by atoms with Crippen molar-refractivity contribution < 1.29 is 19.1 Å². The van der Waals surface area contributed by atoms with E-state index in [1.165, 1.54) is 22.7 Å². The fourth-order valence-electron chi connectivity index (χ4n) is 2.54. The molecule has 1 fully saturated rings. The van der Waals surface area contributed by atoms with Gasteiger partial charge in [0, 0.05) is 12.1 Å². The molecule has 0 radical (unpaired) electrons. The van der Waals surface area contributed by atoms with E-state index < -0.39 is 18.0 Å². The standard InChI is InChI=1S/C17H14N2O4S2/c1-9-7-11(15(20)22-9)23-16(21)13-8-12-14(24-13)19-17(25-12)18-10-5-3-2-4-6-10/h2-6,8-9,11H,7H2,1H3,(H,18,19). The van der Waals surface area contributed by atoms with Crippen molar-refractivity contribution in [2.45, 2.75) is 25.6 Å². The van der Waals surface area contributed by atoms with Gasteiger partial charge in [0.2, 0.25) is 6.10 Å². The Labute approximate surface area is 151 Å². The number of fused-ring (bicyclic) bond motifs is 1. The van der Waals surface area contributed by atoms with E-state index in [-0.39, 0.29) is 6.10 Å². The van der Waals surface area contributed by atoms with Gasteiger partial charge in [-0.3, -0.25) is 0 Å². The number of ether oxygens (including phenoxy) is 2. The van der Waals surface area contributed by atoms with Crippen molar-refractivity contribution in [3.8, 4) is 0 Å². The molecule has 1 aliphatic heterocycles. The van der Waals surface area contributed by atoms with E-state index >= 15 is 0 Å². The van der Waals surface area contributed by atoms with Crippen LogP contribution < -0.4 is 5.32 Å². The average molecular weight is 374 g/mol. The molecule has 128 valence electrons. The van der Waals surface area contributed by atoms with Crippen LogP contribution in [-0.2, 0) is 14.3 Å². The third-order valence-corrected chi connectivity index (χ3v) is 5.75. The number of nitrogens with one attached hydrogen (secondary N) is 1. The molecular weight excluding hydrogens is 360 g/mol. The number of nitrogens with zero attached hydrogens (tertiary/aromatic N) is 1. The predicted octanol–water partition coefficient (Wildman–Crippen LogP) is 3.96. The summed E-state index contributed by atoms with van der Waals surface area (Å²) in [7, 11) is 0. The van der Waals surface area contributed by atoms with Gasteiger partial charge < -0.3 is 14.8 Å². The minimum absolute atomic E-state index is 0.217. The molecule has 4 rings (SSSR count).